The number of anilines is 1. The summed E-state index contributed by atoms with van der Waals surface area (Å²) in [4.78, 5) is 12.4. The Kier molecular flexibility index (Phi) is 6.51. The monoisotopic (exact) mass is 470 g/mol. The summed E-state index contributed by atoms with van der Waals surface area (Å²) in [6.45, 7) is 5.42. The summed E-state index contributed by atoms with van der Waals surface area (Å²) in [5.74, 6) is 1.43. The number of rotatable bonds is 7. The summed E-state index contributed by atoms with van der Waals surface area (Å²) in [7, 11) is 0. The third-order valence-corrected chi connectivity index (χ3v) is 6.40. The van der Waals surface area contributed by atoms with E-state index < -0.39 is 6.10 Å². The van der Waals surface area contributed by atoms with Gasteiger partial charge in [-0.3, -0.25) is 0 Å². The van der Waals surface area contributed by atoms with Crippen LogP contribution >= 0.6 is 0 Å². The van der Waals surface area contributed by atoms with Gasteiger partial charge in [0.05, 0.1) is 23.2 Å². The fourth-order valence-electron chi connectivity index (χ4n) is 4.52. The second-order valence-electron chi connectivity index (χ2n) is 9.34. The molecule has 3 heterocycles. The van der Waals surface area contributed by atoms with Crippen molar-refractivity contribution in [2.75, 3.05) is 18.0 Å². The zero-order chi connectivity index (χ0) is 24.4. The van der Waals surface area contributed by atoms with E-state index in [2.05, 4.69) is 72.4 Å². The highest BCUT2D eigenvalue weighted by Crippen LogP contribution is 2.35. The molecule has 180 valence electrons. The Morgan fingerprint density at radius 1 is 0.914 bits per heavy atom. The van der Waals surface area contributed by atoms with Crippen LogP contribution in [0.2, 0.25) is 0 Å². The predicted molar refractivity (Wildman–Crippen MR) is 135 cm³/mol. The Bertz CT molecular complexity index is 1300. The molecular weight excluding hydrogens is 440 g/mol. The van der Waals surface area contributed by atoms with Crippen molar-refractivity contribution in [1.29, 1.82) is 0 Å². The number of unbranched alkanes of at least 4 members (excludes halogenated alkanes) is 1. The summed E-state index contributed by atoms with van der Waals surface area (Å²) < 4.78 is 5.09. The third-order valence-electron chi connectivity index (χ3n) is 6.40. The predicted octanol–water partition coefficient (Wildman–Crippen LogP) is 4.87. The van der Waals surface area contributed by atoms with Gasteiger partial charge in [0.15, 0.2) is 5.82 Å². The van der Waals surface area contributed by atoms with Gasteiger partial charge in [0.2, 0.25) is 0 Å². The molecule has 1 unspecified atom stereocenters. The van der Waals surface area contributed by atoms with Crippen LogP contribution in [0.25, 0.3) is 22.5 Å². The van der Waals surface area contributed by atoms with E-state index in [4.69, 9.17) is 14.5 Å². The van der Waals surface area contributed by atoms with Crippen molar-refractivity contribution in [2.45, 2.75) is 45.6 Å². The smallest absolute Gasteiger partial charge is 0.251 e. The summed E-state index contributed by atoms with van der Waals surface area (Å²) in [6.07, 6.45) is 2.46. The molecule has 35 heavy (non-hydrogen) atoms. The minimum absolute atomic E-state index is 0.0867. The van der Waals surface area contributed by atoms with Gasteiger partial charge in [0, 0.05) is 43.1 Å². The molecule has 7 nitrogen and oxygen atoms in total. The highest BCUT2D eigenvalue weighted by molar-refractivity contribution is 5.80. The summed E-state index contributed by atoms with van der Waals surface area (Å²) in [6, 6.07) is 18.3. The first-order chi connectivity index (χ1) is 17.0. The first-order valence-electron chi connectivity index (χ1n) is 12.1. The number of aliphatic hydroxyl groups is 1. The van der Waals surface area contributed by atoms with Crippen LogP contribution in [0, 0.1) is 13.8 Å². The summed E-state index contributed by atoms with van der Waals surface area (Å²) in [5.41, 5.74) is 6.95. The van der Waals surface area contributed by atoms with Crippen molar-refractivity contribution >= 4 is 5.82 Å². The second kappa shape index (κ2) is 9.88. The molecule has 2 N–H and O–H groups in total. The number of aryl methyl sites for hydroxylation is 3. The van der Waals surface area contributed by atoms with Crippen LogP contribution in [-0.2, 0) is 12.8 Å². The SMILES string of the molecule is Cc1ccc(-c2nc3c(nc2-c2ccc(C)cc2)N(CCCCc2cc(O)no2)CC(O)C3)cc1. The van der Waals surface area contributed by atoms with Gasteiger partial charge in [-0.15, -0.1) is 0 Å². The van der Waals surface area contributed by atoms with Gasteiger partial charge in [-0.05, 0) is 31.8 Å². The quantitative estimate of drug-likeness (QED) is 0.372. The Labute approximate surface area is 205 Å². The lowest BCUT2D eigenvalue weighted by Crippen LogP contribution is -2.40. The van der Waals surface area contributed by atoms with Gasteiger partial charge >= 0.3 is 0 Å². The van der Waals surface area contributed by atoms with E-state index >= 15 is 0 Å². The van der Waals surface area contributed by atoms with Crippen molar-refractivity contribution in [3.63, 3.8) is 0 Å². The van der Waals surface area contributed by atoms with Gasteiger partial charge in [-0.25, -0.2) is 9.97 Å². The van der Waals surface area contributed by atoms with Crippen LogP contribution in [0.1, 0.15) is 35.4 Å². The van der Waals surface area contributed by atoms with Crippen molar-refractivity contribution in [3.8, 4) is 28.4 Å². The molecule has 0 saturated heterocycles. The Morgan fingerprint density at radius 2 is 1.54 bits per heavy atom. The van der Waals surface area contributed by atoms with Crippen molar-refractivity contribution in [3.05, 3.63) is 77.2 Å². The molecule has 1 atom stereocenters. The Morgan fingerprint density at radius 3 is 2.14 bits per heavy atom. The summed E-state index contributed by atoms with van der Waals surface area (Å²) in [5, 5.41) is 23.5. The zero-order valence-corrected chi connectivity index (χ0v) is 20.1. The molecule has 4 aromatic rings. The molecule has 1 aliphatic rings. The fraction of sp³-hybridized carbons (Fsp3) is 0.321. The molecule has 1 aliphatic heterocycles. The lowest BCUT2D eigenvalue weighted by molar-refractivity contribution is 0.173. The first-order valence-corrected chi connectivity index (χ1v) is 12.1. The number of hydrogen-bond acceptors (Lipinski definition) is 7. The van der Waals surface area contributed by atoms with E-state index in [1.807, 2.05) is 0 Å². The molecule has 0 radical (unpaired) electrons. The van der Waals surface area contributed by atoms with Crippen LogP contribution in [-0.4, -0.2) is 44.5 Å². The van der Waals surface area contributed by atoms with E-state index in [-0.39, 0.29) is 5.88 Å². The average molecular weight is 471 g/mol. The highest BCUT2D eigenvalue weighted by Gasteiger charge is 2.28. The topological polar surface area (TPSA) is 95.5 Å². The van der Waals surface area contributed by atoms with E-state index in [1.165, 1.54) is 11.1 Å². The number of hydrogen-bond donors (Lipinski definition) is 2. The van der Waals surface area contributed by atoms with Crippen molar-refractivity contribution in [1.82, 2.24) is 15.1 Å². The number of fused-ring (bicyclic) bond motifs is 1. The molecule has 0 aliphatic carbocycles. The number of aliphatic hydroxyl groups excluding tert-OH is 1. The standard InChI is InChI=1S/C28H30N4O3/c1-18-6-10-20(11-7-18)26-27(21-12-8-19(2)9-13-21)30-28-24(29-26)15-22(33)17-32(28)14-4-3-5-23-16-25(34)31-35-23/h6-13,16,22,33H,3-5,14-15,17H2,1-2H3,(H,31,34). The van der Waals surface area contributed by atoms with Crippen LogP contribution in [0.3, 0.4) is 0 Å². The molecule has 2 aromatic carbocycles. The maximum absolute atomic E-state index is 10.6. The molecule has 5 rings (SSSR count). The van der Waals surface area contributed by atoms with E-state index in [0.29, 0.717) is 25.1 Å². The molecule has 2 aromatic heterocycles. The molecular formula is C28H30N4O3. The number of β-amino-alcohol motifs (C(OH)–C–C–N with tert-alkyl or cyclic N) is 1. The average Bonchev–Trinajstić information content (AvgIpc) is 3.27. The van der Waals surface area contributed by atoms with Gasteiger partial charge in [-0.1, -0.05) is 59.7 Å². The Balaban J connectivity index is 1.46. The second-order valence-corrected chi connectivity index (χ2v) is 9.34. The van der Waals surface area contributed by atoms with Crippen LogP contribution in [0.15, 0.2) is 59.1 Å². The third kappa shape index (κ3) is 5.20. The number of aromatic hydroxyl groups is 1. The molecule has 0 saturated carbocycles. The van der Waals surface area contributed by atoms with Crippen LogP contribution < -0.4 is 4.90 Å². The molecule has 0 bridgehead atoms. The summed E-state index contributed by atoms with van der Waals surface area (Å²) >= 11 is 0. The molecule has 7 heteroatoms. The maximum atomic E-state index is 10.6. The van der Waals surface area contributed by atoms with E-state index in [9.17, 15) is 10.2 Å². The minimum atomic E-state index is -0.487. The lowest BCUT2D eigenvalue weighted by Gasteiger charge is -2.33. The number of nitrogens with zero attached hydrogens (tertiary/aromatic N) is 4. The van der Waals surface area contributed by atoms with Crippen molar-refractivity contribution < 1.29 is 14.7 Å². The lowest BCUT2D eigenvalue weighted by atomic mass is 10.00. The highest BCUT2D eigenvalue weighted by atomic mass is 16.5. The normalized spacial score (nSPS) is 15.3. The first kappa shape index (κ1) is 23.1. The largest absolute Gasteiger partial charge is 0.491 e. The number of benzene rings is 2. The van der Waals surface area contributed by atoms with Gasteiger partial charge in [0.1, 0.15) is 5.76 Å². The van der Waals surface area contributed by atoms with E-state index in [1.54, 1.807) is 6.07 Å². The van der Waals surface area contributed by atoms with Crippen molar-refractivity contribution in [2.24, 2.45) is 0 Å². The van der Waals surface area contributed by atoms with Gasteiger partial charge in [0.25, 0.3) is 5.88 Å². The van der Waals surface area contributed by atoms with E-state index in [0.717, 1.165) is 53.4 Å². The van der Waals surface area contributed by atoms with Crippen LogP contribution in [0.4, 0.5) is 5.82 Å². The van der Waals surface area contributed by atoms with Gasteiger partial charge < -0.3 is 19.6 Å². The van der Waals surface area contributed by atoms with Gasteiger partial charge in [-0.2, -0.15) is 0 Å². The van der Waals surface area contributed by atoms with Crippen LogP contribution in [0.5, 0.6) is 5.88 Å². The minimum Gasteiger partial charge on any atom is -0.491 e. The fourth-order valence-corrected chi connectivity index (χ4v) is 4.52. The maximum Gasteiger partial charge on any atom is 0.251 e. The molecule has 0 spiro atoms. The zero-order valence-electron chi connectivity index (χ0n) is 20.1. The molecule has 0 amide bonds. The number of aromatic nitrogens is 3. The molecule has 0 fully saturated rings. The Hall–Kier alpha value is -3.71.